The van der Waals surface area contributed by atoms with E-state index in [1.165, 1.54) is 12.3 Å². The summed E-state index contributed by atoms with van der Waals surface area (Å²) in [5.41, 5.74) is 6.06. The summed E-state index contributed by atoms with van der Waals surface area (Å²) >= 11 is 6.62. The highest BCUT2D eigenvalue weighted by atomic mass is 35.5. The van der Waals surface area contributed by atoms with Gasteiger partial charge in [-0.15, -0.1) is 0 Å². The first kappa shape index (κ1) is 10.7. The molecule has 2 aromatic rings. The van der Waals surface area contributed by atoms with Crippen molar-refractivity contribution in [3.63, 3.8) is 0 Å². The van der Waals surface area contributed by atoms with Crippen LogP contribution < -0.4 is 11.1 Å². The van der Waals surface area contributed by atoms with Crippen LogP contribution in [-0.2, 0) is 0 Å². The molecule has 0 unspecified atom stereocenters. The quantitative estimate of drug-likeness (QED) is 0.770. The topological polar surface area (TPSA) is 107 Å². The number of anilines is 2. The van der Waals surface area contributed by atoms with E-state index in [0.717, 1.165) is 11.5 Å². The highest BCUT2D eigenvalue weighted by Crippen LogP contribution is 2.16. The van der Waals surface area contributed by atoms with Gasteiger partial charge in [0.05, 0.1) is 17.4 Å². The minimum Gasteiger partial charge on any atom is -0.397 e. The van der Waals surface area contributed by atoms with Crippen LogP contribution in [0, 0.1) is 0 Å². The summed E-state index contributed by atoms with van der Waals surface area (Å²) in [7, 11) is 0. The number of rotatable bonds is 2. The third-order valence-corrected chi connectivity index (χ3v) is 2.38. The summed E-state index contributed by atoms with van der Waals surface area (Å²) in [6, 6.07) is 1.38. The predicted octanol–water partition coefficient (Wildman–Crippen LogP) is 0.816. The minimum atomic E-state index is -0.430. The monoisotopic (exact) mass is 256 g/mol. The molecule has 0 aromatic carbocycles. The van der Waals surface area contributed by atoms with E-state index >= 15 is 0 Å². The van der Waals surface area contributed by atoms with Crippen molar-refractivity contribution in [3.05, 3.63) is 23.0 Å². The van der Waals surface area contributed by atoms with Gasteiger partial charge in [0.1, 0.15) is 5.15 Å². The molecule has 16 heavy (non-hydrogen) atoms. The molecule has 0 aliphatic rings. The number of halogens is 1. The first-order valence-corrected chi connectivity index (χ1v) is 5.19. The van der Waals surface area contributed by atoms with E-state index in [2.05, 4.69) is 25.1 Å². The Kier molecular flexibility index (Phi) is 2.93. The smallest absolute Gasteiger partial charge is 0.259 e. The van der Waals surface area contributed by atoms with Gasteiger partial charge in [-0.2, -0.15) is 0 Å². The largest absolute Gasteiger partial charge is 0.397 e. The Hall–Kier alpha value is -1.80. The summed E-state index contributed by atoms with van der Waals surface area (Å²) in [5.74, 6) is -0.430. The third kappa shape index (κ3) is 2.23. The fourth-order valence-electron chi connectivity index (χ4n) is 0.983. The molecule has 2 aromatic heterocycles. The molecule has 7 nitrogen and oxygen atoms in total. The zero-order valence-corrected chi connectivity index (χ0v) is 9.29. The van der Waals surface area contributed by atoms with Crippen LogP contribution in [0.5, 0.6) is 0 Å². The summed E-state index contributed by atoms with van der Waals surface area (Å²) in [6.45, 7) is 0. The summed E-state index contributed by atoms with van der Waals surface area (Å²) in [6.07, 6.45) is 1.32. The van der Waals surface area contributed by atoms with Crippen LogP contribution in [0.1, 0.15) is 10.4 Å². The van der Waals surface area contributed by atoms with E-state index in [1.807, 2.05) is 0 Å². The van der Waals surface area contributed by atoms with E-state index in [4.69, 9.17) is 17.3 Å². The van der Waals surface area contributed by atoms with Crippen LogP contribution in [0.3, 0.4) is 0 Å². The number of nitrogens with one attached hydrogen (secondary N) is 1. The van der Waals surface area contributed by atoms with E-state index in [9.17, 15) is 4.79 Å². The third-order valence-electron chi connectivity index (χ3n) is 1.67. The number of aromatic nitrogens is 4. The highest BCUT2D eigenvalue weighted by Gasteiger charge is 2.12. The fraction of sp³-hybridized carbons (Fsp3) is 0. The summed E-state index contributed by atoms with van der Waals surface area (Å²) in [4.78, 5) is 15.5. The number of nitrogens with zero attached hydrogens (tertiary/aromatic N) is 4. The minimum absolute atomic E-state index is 0.190. The maximum Gasteiger partial charge on any atom is 0.259 e. The number of pyridine rings is 1. The van der Waals surface area contributed by atoms with Crippen molar-refractivity contribution in [1.82, 2.24) is 19.8 Å². The summed E-state index contributed by atoms with van der Waals surface area (Å²) in [5, 5.41) is 9.87. The number of carbonyl (C=O) groups is 1. The Morgan fingerprint density at radius 3 is 3.06 bits per heavy atom. The van der Waals surface area contributed by atoms with Gasteiger partial charge in [0, 0.05) is 11.5 Å². The Morgan fingerprint density at radius 1 is 1.56 bits per heavy atom. The van der Waals surface area contributed by atoms with Gasteiger partial charge >= 0.3 is 0 Å². The Morgan fingerprint density at radius 2 is 2.38 bits per heavy atom. The van der Waals surface area contributed by atoms with E-state index in [0.29, 0.717) is 0 Å². The molecule has 0 saturated heterocycles. The standard InChI is InChI=1S/C7H5ClN6OS/c8-5-1-3(4(9)2-10-5)6(15)11-7-12-13-14-16-7/h1-2H,9H2,(H,11,12,14,15). The molecular weight excluding hydrogens is 252 g/mol. The molecule has 9 heteroatoms. The lowest BCUT2D eigenvalue weighted by Crippen LogP contribution is -2.14. The summed E-state index contributed by atoms with van der Waals surface area (Å²) < 4.78 is 3.51. The van der Waals surface area contributed by atoms with Crippen molar-refractivity contribution in [3.8, 4) is 0 Å². The van der Waals surface area contributed by atoms with Gasteiger partial charge in [-0.1, -0.05) is 21.2 Å². The van der Waals surface area contributed by atoms with Crippen LogP contribution in [0.4, 0.5) is 10.8 Å². The van der Waals surface area contributed by atoms with Gasteiger partial charge in [0.15, 0.2) is 0 Å². The van der Waals surface area contributed by atoms with E-state index < -0.39 is 5.91 Å². The van der Waals surface area contributed by atoms with Crippen molar-refractivity contribution >= 4 is 39.9 Å². The molecule has 0 bridgehead atoms. The van der Waals surface area contributed by atoms with E-state index in [-0.39, 0.29) is 21.5 Å². The molecule has 0 aliphatic heterocycles. The molecule has 0 aliphatic carbocycles. The fourth-order valence-corrected chi connectivity index (χ4v) is 1.50. The van der Waals surface area contributed by atoms with Crippen LogP contribution in [0.2, 0.25) is 5.15 Å². The Bertz CT molecular complexity index is 516. The number of nitrogen functional groups attached to an aromatic ring is 1. The zero-order valence-electron chi connectivity index (χ0n) is 7.72. The van der Waals surface area contributed by atoms with Crippen LogP contribution in [-0.4, -0.2) is 25.7 Å². The van der Waals surface area contributed by atoms with Crippen LogP contribution >= 0.6 is 23.1 Å². The van der Waals surface area contributed by atoms with Gasteiger partial charge < -0.3 is 5.73 Å². The molecule has 2 rings (SSSR count). The second-order valence-corrected chi connectivity index (χ2v) is 3.84. The van der Waals surface area contributed by atoms with Gasteiger partial charge in [-0.3, -0.25) is 10.1 Å². The second kappa shape index (κ2) is 4.37. The molecular formula is C7H5ClN6OS. The SMILES string of the molecule is Nc1cnc(Cl)cc1C(=O)Nc1nnns1. The molecule has 0 fully saturated rings. The first-order valence-electron chi connectivity index (χ1n) is 4.04. The second-order valence-electron chi connectivity index (χ2n) is 2.72. The number of carbonyl (C=O) groups excluding carboxylic acids is 1. The average molecular weight is 257 g/mol. The van der Waals surface area contributed by atoms with Gasteiger partial charge in [-0.05, 0) is 11.3 Å². The van der Waals surface area contributed by atoms with Gasteiger partial charge in [-0.25, -0.2) is 4.98 Å². The van der Waals surface area contributed by atoms with Crippen molar-refractivity contribution in [2.24, 2.45) is 0 Å². The number of hydrogen-bond acceptors (Lipinski definition) is 7. The lowest BCUT2D eigenvalue weighted by atomic mass is 10.2. The van der Waals surface area contributed by atoms with E-state index in [1.54, 1.807) is 0 Å². The van der Waals surface area contributed by atoms with Crippen molar-refractivity contribution in [2.45, 2.75) is 0 Å². The number of nitrogens with two attached hydrogens (primary N) is 1. The maximum absolute atomic E-state index is 11.7. The normalized spacial score (nSPS) is 10.1. The van der Waals surface area contributed by atoms with Crippen molar-refractivity contribution < 1.29 is 4.79 Å². The molecule has 1 amide bonds. The van der Waals surface area contributed by atoms with Crippen molar-refractivity contribution in [2.75, 3.05) is 11.1 Å². The average Bonchev–Trinajstić information content (AvgIpc) is 2.74. The molecule has 3 N–H and O–H groups in total. The zero-order chi connectivity index (χ0) is 11.5. The maximum atomic E-state index is 11.7. The van der Waals surface area contributed by atoms with Gasteiger partial charge in [0.2, 0.25) is 5.13 Å². The lowest BCUT2D eigenvalue weighted by Gasteiger charge is -2.04. The Balaban J connectivity index is 2.24. The van der Waals surface area contributed by atoms with Crippen LogP contribution in [0.25, 0.3) is 0 Å². The highest BCUT2D eigenvalue weighted by molar-refractivity contribution is 7.09. The number of amides is 1. The van der Waals surface area contributed by atoms with Crippen molar-refractivity contribution in [1.29, 1.82) is 0 Å². The molecule has 0 radical (unpaired) electrons. The van der Waals surface area contributed by atoms with Crippen LogP contribution in [0.15, 0.2) is 12.3 Å². The first-order chi connectivity index (χ1) is 7.66. The number of hydrogen-bond donors (Lipinski definition) is 2. The van der Waals surface area contributed by atoms with Gasteiger partial charge in [0.25, 0.3) is 5.91 Å². The Labute approximate surface area is 98.8 Å². The molecule has 0 saturated carbocycles. The molecule has 2 heterocycles. The lowest BCUT2D eigenvalue weighted by molar-refractivity contribution is 0.102. The predicted molar refractivity (Wildman–Crippen MR) is 59.3 cm³/mol. The molecule has 0 spiro atoms. The molecule has 0 atom stereocenters. The molecule has 82 valence electrons.